The number of ether oxygens (including phenoxy) is 2. The van der Waals surface area contributed by atoms with Crippen molar-refractivity contribution in [3.05, 3.63) is 23.8 Å². The highest BCUT2D eigenvalue weighted by molar-refractivity contribution is 5.87. The maximum atomic E-state index is 12.4. The van der Waals surface area contributed by atoms with E-state index in [1.165, 1.54) is 0 Å². The Labute approximate surface area is 136 Å². The van der Waals surface area contributed by atoms with Gasteiger partial charge >= 0.3 is 24.7 Å². The molecule has 5 nitrogen and oxygen atoms in total. The van der Waals surface area contributed by atoms with E-state index in [2.05, 4.69) is 9.47 Å². The second-order valence-electron chi connectivity index (χ2n) is 4.43. The van der Waals surface area contributed by atoms with E-state index < -0.39 is 53.6 Å². The number of rotatable bonds is 4. The molecule has 0 aliphatic rings. The molecule has 0 radical (unpaired) electrons. The molecule has 0 bridgehead atoms. The van der Waals surface area contributed by atoms with Crippen LogP contribution < -0.4 is 14.6 Å². The van der Waals surface area contributed by atoms with Crippen molar-refractivity contribution in [1.82, 2.24) is 0 Å². The van der Waals surface area contributed by atoms with Crippen LogP contribution in [0.1, 0.15) is 10.4 Å². The van der Waals surface area contributed by atoms with Gasteiger partial charge in [-0.1, -0.05) is 0 Å². The molecule has 0 aliphatic carbocycles. The van der Waals surface area contributed by atoms with Crippen LogP contribution in [0.2, 0.25) is 0 Å². The van der Waals surface area contributed by atoms with Crippen LogP contribution in [0, 0.1) is 5.92 Å². The fraction of sp³-hybridized carbons (Fsp3) is 0.333. The van der Waals surface area contributed by atoms with Crippen molar-refractivity contribution in [2.24, 2.45) is 5.92 Å². The number of benzene rings is 1. The lowest BCUT2D eigenvalue weighted by molar-refractivity contribution is -0.281. The minimum absolute atomic E-state index is 0.0398. The van der Waals surface area contributed by atoms with Gasteiger partial charge < -0.3 is 19.4 Å². The van der Waals surface area contributed by atoms with E-state index in [1.54, 1.807) is 0 Å². The van der Waals surface area contributed by atoms with Gasteiger partial charge in [0.25, 0.3) is 0 Å². The Balaban J connectivity index is 3.33. The van der Waals surface area contributed by atoms with Gasteiger partial charge in [-0.2, -0.15) is 26.3 Å². The Hall–Kier alpha value is -2.67. The van der Waals surface area contributed by atoms with Crippen LogP contribution >= 0.6 is 0 Å². The third kappa shape index (κ3) is 5.70. The molecule has 0 amide bonds. The summed E-state index contributed by atoms with van der Waals surface area (Å²) in [6, 6.07) is 0.675. The van der Waals surface area contributed by atoms with Gasteiger partial charge in [0.2, 0.25) is 5.92 Å². The highest BCUT2D eigenvalue weighted by Crippen LogP contribution is 2.41. The highest BCUT2D eigenvalue weighted by atomic mass is 19.4. The summed E-state index contributed by atoms with van der Waals surface area (Å²) in [5, 5.41) is 10.6. The van der Waals surface area contributed by atoms with Crippen LogP contribution in [0.15, 0.2) is 18.2 Å². The van der Waals surface area contributed by atoms with Crippen LogP contribution in [0.4, 0.5) is 39.5 Å². The van der Waals surface area contributed by atoms with E-state index in [0.29, 0.717) is 6.07 Å². The van der Waals surface area contributed by atoms with Gasteiger partial charge in [0.05, 0.1) is 5.97 Å². The second-order valence-corrected chi connectivity index (χ2v) is 4.43. The first-order valence-electron chi connectivity index (χ1n) is 5.98. The summed E-state index contributed by atoms with van der Waals surface area (Å²) >= 11 is 0. The molecule has 146 valence electrons. The molecule has 0 spiro atoms. The third-order valence-electron chi connectivity index (χ3n) is 2.51. The van der Waals surface area contributed by atoms with Gasteiger partial charge in [0.1, 0.15) is 0 Å². The van der Waals surface area contributed by atoms with Gasteiger partial charge in [0, 0.05) is 5.56 Å². The molecular formula is C12H4F9O5-. The quantitative estimate of drug-likeness (QED) is 0.442. The predicted octanol–water partition coefficient (Wildman–Crippen LogP) is 2.59. The minimum atomic E-state index is -6.17. The van der Waals surface area contributed by atoms with E-state index in [-0.39, 0.29) is 12.1 Å². The smallest absolute Gasteiger partial charge is 0.545 e. The number of carbonyl (C=O) groups excluding carboxylic acids is 2. The minimum Gasteiger partial charge on any atom is -0.545 e. The number of esters is 1. The van der Waals surface area contributed by atoms with Gasteiger partial charge in [-0.05, 0) is 18.2 Å². The van der Waals surface area contributed by atoms with Gasteiger partial charge in [-0.15, -0.1) is 13.2 Å². The molecule has 26 heavy (non-hydrogen) atoms. The highest BCUT2D eigenvalue weighted by Gasteiger charge is 2.62. The zero-order valence-corrected chi connectivity index (χ0v) is 11.8. The number of carboxylic acid groups (broad SMARTS) is 1. The second kappa shape index (κ2) is 6.92. The summed E-state index contributed by atoms with van der Waals surface area (Å²) in [6.07, 6.45) is -17.8. The Morgan fingerprint density at radius 2 is 1.38 bits per heavy atom. The van der Waals surface area contributed by atoms with Crippen LogP contribution in [-0.4, -0.2) is 30.7 Å². The van der Waals surface area contributed by atoms with Crippen molar-refractivity contribution < 1.29 is 63.7 Å². The Morgan fingerprint density at radius 3 is 1.77 bits per heavy atom. The molecule has 1 rings (SSSR count). The van der Waals surface area contributed by atoms with Crippen LogP contribution in [0.25, 0.3) is 0 Å². The molecule has 1 aromatic carbocycles. The number of aromatic carboxylic acids is 1. The van der Waals surface area contributed by atoms with E-state index >= 15 is 0 Å². The number of alkyl halides is 9. The standard InChI is InChI=1S/C12H5F9O5/c13-10(14,15)7(11(16,17)18)9(24)25-6-3-4(8(22)23)1-2-5(6)26-12(19,20)21/h1-3,7H,(H,22,23)/p-1. The average molecular weight is 399 g/mol. The van der Waals surface area contributed by atoms with Gasteiger partial charge in [-0.25, -0.2) is 0 Å². The first-order valence-corrected chi connectivity index (χ1v) is 5.98. The van der Waals surface area contributed by atoms with Crippen molar-refractivity contribution in [2.45, 2.75) is 18.7 Å². The Kier molecular flexibility index (Phi) is 5.68. The number of hydrogen-bond acceptors (Lipinski definition) is 5. The molecule has 0 saturated carbocycles. The van der Waals surface area contributed by atoms with Crippen LogP contribution in [0.5, 0.6) is 11.5 Å². The molecule has 0 fully saturated rings. The summed E-state index contributed by atoms with van der Waals surface area (Å²) in [6.45, 7) is 0. The maximum absolute atomic E-state index is 12.4. The normalized spacial score (nSPS) is 12.8. The van der Waals surface area contributed by atoms with E-state index in [4.69, 9.17) is 0 Å². The Bertz CT molecular complexity index is 676. The molecule has 0 aromatic heterocycles. The summed E-state index contributed by atoms with van der Waals surface area (Å²) in [5.74, 6) is -13.0. The monoisotopic (exact) mass is 399 g/mol. The van der Waals surface area contributed by atoms with Crippen molar-refractivity contribution in [3.63, 3.8) is 0 Å². The summed E-state index contributed by atoms with van der Waals surface area (Å²) in [4.78, 5) is 21.9. The fourth-order valence-electron chi connectivity index (χ4n) is 1.54. The first kappa shape index (κ1) is 21.4. The molecule has 0 saturated heterocycles. The SMILES string of the molecule is O=C([O-])c1ccc(OC(F)(F)F)c(OC(=O)C(C(F)(F)F)C(F)(F)F)c1. The van der Waals surface area contributed by atoms with Crippen LogP contribution in [0.3, 0.4) is 0 Å². The topological polar surface area (TPSA) is 75.7 Å². The third-order valence-corrected chi connectivity index (χ3v) is 2.51. The summed E-state index contributed by atoms with van der Waals surface area (Å²) in [7, 11) is 0. The lowest BCUT2D eigenvalue weighted by atomic mass is 10.1. The van der Waals surface area contributed by atoms with E-state index in [0.717, 1.165) is 0 Å². The zero-order valence-electron chi connectivity index (χ0n) is 11.8. The molecule has 1 aromatic rings. The zero-order chi connectivity index (χ0) is 20.5. The molecule has 14 heteroatoms. The number of carbonyl (C=O) groups is 2. The largest absolute Gasteiger partial charge is 0.573 e. The number of carboxylic acids is 1. The molecule has 0 atom stereocenters. The lowest BCUT2D eigenvalue weighted by Crippen LogP contribution is -2.44. The van der Waals surface area contributed by atoms with Gasteiger partial charge in [-0.3, -0.25) is 4.79 Å². The lowest BCUT2D eigenvalue weighted by Gasteiger charge is -2.22. The Morgan fingerprint density at radius 1 is 0.885 bits per heavy atom. The van der Waals surface area contributed by atoms with Gasteiger partial charge in [0.15, 0.2) is 11.5 Å². The van der Waals surface area contributed by atoms with E-state index in [9.17, 15) is 54.2 Å². The van der Waals surface area contributed by atoms with Crippen molar-refractivity contribution in [2.75, 3.05) is 0 Å². The van der Waals surface area contributed by atoms with E-state index in [1.807, 2.05) is 0 Å². The average Bonchev–Trinajstić information content (AvgIpc) is 2.35. The van der Waals surface area contributed by atoms with Crippen molar-refractivity contribution in [1.29, 1.82) is 0 Å². The van der Waals surface area contributed by atoms with Crippen LogP contribution in [-0.2, 0) is 4.79 Å². The summed E-state index contributed by atoms with van der Waals surface area (Å²) < 4.78 is 118. The van der Waals surface area contributed by atoms with Crippen molar-refractivity contribution >= 4 is 11.9 Å². The predicted molar refractivity (Wildman–Crippen MR) is 58.7 cm³/mol. The number of halogens is 9. The first-order chi connectivity index (χ1) is 11.5. The molecular weight excluding hydrogens is 395 g/mol. The fourth-order valence-corrected chi connectivity index (χ4v) is 1.54. The molecule has 0 N–H and O–H groups in total. The maximum Gasteiger partial charge on any atom is 0.573 e. The van der Waals surface area contributed by atoms with Crippen molar-refractivity contribution in [3.8, 4) is 11.5 Å². The summed E-state index contributed by atoms with van der Waals surface area (Å²) in [5.41, 5.74) is -1.00. The molecule has 0 heterocycles. The number of hydrogen-bond donors (Lipinski definition) is 0. The molecule has 0 aliphatic heterocycles. The molecule has 0 unspecified atom stereocenters.